The number of halogens is 3. The molecule has 0 unspecified atom stereocenters. The summed E-state index contributed by atoms with van der Waals surface area (Å²) >= 11 is 3.35. The minimum Gasteiger partial charge on any atom is -0.353 e. The van der Waals surface area contributed by atoms with Crippen LogP contribution in [0, 0.1) is 11.6 Å². The van der Waals surface area contributed by atoms with Crippen molar-refractivity contribution in [2.24, 2.45) is 0 Å². The maximum atomic E-state index is 13.7. The van der Waals surface area contributed by atoms with Gasteiger partial charge in [-0.15, -0.1) is 0 Å². The van der Waals surface area contributed by atoms with E-state index in [9.17, 15) is 13.6 Å². The molecule has 0 fully saturated rings. The molecule has 0 radical (unpaired) electrons. The third-order valence-electron chi connectivity index (χ3n) is 3.40. The fourth-order valence-electron chi connectivity index (χ4n) is 2.40. The van der Waals surface area contributed by atoms with E-state index in [-0.39, 0.29) is 5.56 Å². The third kappa shape index (κ3) is 2.35. The van der Waals surface area contributed by atoms with Crippen LogP contribution < -0.4 is 0 Å². The Morgan fingerprint density at radius 3 is 2.85 bits per heavy atom. The Kier molecular flexibility index (Phi) is 3.33. The number of amides is 1. The standard InChI is InChI=1S/C14H11BrF2N2O/c15-13-5-8-7-19(4-3-12(8)18-13)14(20)10-2-1-9(16)6-11(10)17/h1-2,5-6,18H,3-4,7H2. The van der Waals surface area contributed by atoms with Crippen LogP contribution in [0.3, 0.4) is 0 Å². The molecular formula is C14H11BrF2N2O. The largest absolute Gasteiger partial charge is 0.353 e. The summed E-state index contributed by atoms with van der Waals surface area (Å²) in [7, 11) is 0. The Bertz CT molecular complexity index is 684. The van der Waals surface area contributed by atoms with E-state index in [1.807, 2.05) is 6.07 Å². The fraction of sp³-hybridized carbons (Fsp3) is 0.214. The molecule has 6 heteroatoms. The molecule has 1 N–H and O–H groups in total. The lowest BCUT2D eigenvalue weighted by molar-refractivity contribution is 0.0729. The van der Waals surface area contributed by atoms with Crippen molar-refractivity contribution in [2.75, 3.05) is 6.54 Å². The van der Waals surface area contributed by atoms with Crippen LogP contribution >= 0.6 is 15.9 Å². The number of rotatable bonds is 1. The molecule has 1 aromatic carbocycles. The first-order valence-electron chi connectivity index (χ1n) is 6.15. The van der Waals surface area contributed by atoms with E-state index >= 15 is 0 Å². The molecule has 2 heterocycles. The molecule has 1 aliphatic heterocycles. The average Bonchev–Trinajstić information content (AvgIpc) is 2.77. The lowest BCUT2D eigenvalue weighted by Crippen LogP contribution is -2.36. The summed E-state index contributed by atoms with van der Waals surface area (Å²) in [6.07, 6.45) is 0.690. The Morgan fingerprint density at radius 2 is 2.10 bits per heavy atom. The fourth-order valence-corrected chi connectivity index (χ4v) is 2.92. The van der Waals surface area contributed by atoms with Crippen LogP contribution in [0.25, 0.3) is 0 Å². The molecule has 0 aliphatic carbocycles. The number of carbonyl (C=O) groups excluding carboxylic acids is 1. The normalized spacial score (nSPS) is 14.2. The van der Waals surface area contributed by atoms with Crippen molar-refractivity contribution >= 4 is 21.8 Å². The lowest BCUT2D eigenvalue weighted by Gasteiger charge is -2.27. The van der Waals surface area contributed by atoms with Crippen molar-refractivity contribution in [3.8, 4) is 0 Å². The Morgan fingerprint density at radius 1 is 1.30 bits per heavy atom. The zero-order valence-corrected chi connectivity index (χ0v) is 12.0. The first kappa shape index (κ1) is 13.3. The first-order valence-corrected chi connectivity index (χ1v) is 6.94. The van der Waals surface area contributed by atoms with Crippen LogP contribution in [-0.2, 0) is 13.0 Å². The molecule has 1 aliphatic rings. The zero-order chi connectivity index (χ0) is 14.3. The smallest absolute Gasteiger partial charge is 0.257 e. The summed E-state index contributed by atoms with van der Waals surface area (Å²) in [6, 6.07) is 4.93. The lowest BCUT2D eigenvalue weighted by atomic mass is 10.1. The molecule has 0 bridgehead atoms. The summed E-state index contributed by atoms with van der Waals surface area (Å²) in [4.78, 5) is 17.0. The van der Waals surface area contributed by atoms with Gasteiger partial charge in [0.05, 0.1) is 10.2 Å². The van der Waals surface area contributed by atoms with Gasteiger partial charge < -0.3 is 9.88 Å². The maximum absolute atomic E-state index is 13.7. The molecule has 104 valence electrons. The van der Waals surface area contributed by atoms with Gasteiger partial charge in [0.1, 0.15) is 11.6 Å². The molecular weight excluding hydrogens is 330 g/mol. The van der Waals surface area contributed by atoms with E-state index in [4.69, 9.17) is 0 Å². The molecule has 1 aromatic heterocycles. The Hall–Kier alpha value is -1.69. The number of carbonyl (C=O) groups is 1. The van der Waals surface area contributed by atoms with Crippen LogP contribution in [0.4, 0.5) is 8.78 Å². The number of hydrogen-bond donors (Lipinski definition) is 1. The average molecular weight is 341 g/mol. The van der Waals surface area contributed by atoms with Crippen LogP contribution in [0.1, 0.15) is 21.6 Å². The Balaban J connectivity index is 1.85. The van der Waals surface area contributed by atoms with E-state index in [0.29, 0.717) is 19.5 Å². The van der Waals surface area contributed by atoms with E-state index < -0.39 is 17.5 Å². The molecule has 20 heavy (non-hydrogen) atoms. The van der Waals surface area contributed by atoms with Crippen LogP contribution in [-0.4, -0.2) is 22.3 Å². The maximum Gasteiger partial charge on any atom is 0.257 e. The molecule has 0 atom stereocenters. The monoisotopic (exact) mass is 340 g/mol. The van der Waals surface area contributed by atoms with Crippen molar-refractivity contribution in [1.29, 1.82) is 0 Å². The number of aromatic nitrogens is 1. The number of nitrogens with one attached hydrogen (secondary N) is 1. The highest BCUT2D eigenvalue weighted by atomic mass is 79.9. The van der Waals surface area contributed by atoms with Crippen LogP contribution in [0.5, 0.6) is 0 Å². The van der Waals surface area contributed by atoms with Gasteiger partial charge in [-0.1, -0.05) is 0 Å². The quantitative estimate of drug-likeness (QED) is 0.849. The third-order valence-corrected chi connectivity index (χ3v) is 3.83. The topological polar surface area (TPSA) is 36.1 Å². The number of H-pyrrole nitrogens is 1. The van der Waals surface area contributed by atoms with Gasteiger partial charge in [0.15, 0.2) is 0 Å². The van der Waals surface area contributed by atoms with Gasteiger partial charge in [0.25, 0.3) is 5.91 Å². The highest BCUT2D eigenvalue weighted by Crippen LogP contribution is 2.24. The van der Waals surface area contributed by atoms with E-state index in [0.717, 1.165) is 28.0 Å². The number of aromatic amines is 1. The van der Waals surface area contributed by atoms with E-state index in [1.54, 1.807) is 4.90 Å². The van der Waals surface area contributed by atoms with Crippen molar-refractivity contribution in [1.82, 2.24) is 9.88 Å². The van der Waals surface area contributed by atoms with Gasteiger partial charge in [-0.25, -0.2) is 8.78 Å². The number of hydrogen-bond acceptors (Lipinski definition) is 1. The summed E-state index contributed by atoms with van der Waals surface area (Å²) in [5, 5.41) is 0. The highest BCUT2D eigenvalue weighted by Gasteiger charge is 2.25. The summed E-state index contributed by atoms with van der Waals surface area (Å²) in [6.45, 7) is 0.933. The Labute approximate surface area is 122 Å². The second-order valence-electron chi connectivity index (χ2n) is 4.72. The van der Waals surface area contributed by atoms with Crippen LogP contribution in [0.2, 0.25) is 0 Å². The van der Waals surface area contributed by atoms with E-state index in [1.165, 1.54) is 6.07 Å². The molecule has 3 nitrogen and oxygen atoms in total. The molecule has 2 aromatic rings. The number of benzene rings is 1. The minimum atomic E-state index is -0.823. The molecule has 3 rings (SSSR count). The van der Waals surface area contributed by atoms with Gasteiger partial charge in [0.2, 0.25) is 0 Å². The zero-order valence-electron chi connectivity index (χ0n) is 10.4. The minimum absolute atomic E-state index is 0.0931. The van der Waals surface area contributed by atoms with Gasteiger partial charge in [-0.3, -0.25) is 4.79 Å². The summed E-state index contributed by atoms with van der Waals surface area (Å²) in [5.41, 5.74) is 2.00. The van der Waals surface area contributed by atoms with Gasteiger partial charge >= 0.3 is 0 Å². The van der Waals surface area contributed by atoms with Gasteiger partial charge in [-0.2, -0.15) is 0 Å². The number of fused-ring (bicyclic) bond motifs is 1. The second kappa shape index (κ2) is 5.01. The van der Waals surface area contributed by atoms with Crippen molar-refractivity contribution in [3.63, 3.8) is 0 Å². The molecule has 0 saturated carbocycles. The highest BCUT2D eigenvalue weighted by molar-refractivity contribution is 9.10. The van der Waals surface area contributed by atoms with Crippen LogP contribution in [0.15, 0.2) is 28.9 Å². The molecule has 0 saturated heterocycles. The van der Waals surface area contributed by atoms with Gasteiger partial charge in [0, 0.05) is 31.3 Å². The SMILES string of the molecule is O=C(c1ccc(F)cc1F)N1CCc2[nH]c(Br)cc2C1. The first-order chi connectivity index (χ1) is 9.54. The predicted octanol–water partition coefficient (Wildman–Crippen LogP) is 3.25. The van der Waals surface area contributed by atoms with Crippen molar-refractivity contribution in [2.45, 2.75) is 13.0 Å². The summed E-state index contributed by atoms with van der Waals surface area (Å²) in [5.74, 6) is -1.92. The van der Waals surface area contributed by atoms with Gasteiger partial charge in [-0.05, 0) is 39.7 Å². The molecule has 1 amide bonds. The second-order valence-corrected chi connectivity index (χ2v) is 5.58. The predicted molar refractivity (Wildman–Crippen MR) is 73.3 cm³/mol. The molecule has 0 spiro atoms. The van der Waals surface area contributed by atoms with Crippen molar-refractivity contribution in [3.05, 3.63) is 57.3 Å². The summed E-state index contributed by atoms with van der Waals surface area (Å²) < 4.78 is 27.4. The van der Waals surface area contributed by atoms with E-state index in [2.05, 4.69) is 20.9 Å². The van der Waals surface area contributed by atoms with Crippen molar-refractivity contribution < 1.29 is 13.6 Å². The number of nitrogens with zero attached hydrogens (tertiary/aromatic N) is 1.